The zero-order valence-electron chi connectivity index (χ0n) is 12.7. The molecule has 0 bridgehead atoms. The number of carbonyl (C=O) groups is 1. The summed E-state index contributed by atoms with van der Waals surface area (Å²) in [6.07, 6.45) is 4.16. The van der Waals surface area contributed by atoms with Crippen molar-refractivity contribution in [2.45, 2.75) is 51.6 Å². The van der Waals surface area contributed by atoms with Gasteiger partial charge < -0.3 is 4.74 Å². The monoisotopic (exact) mass is 342 g/mol. The normalized spacial score (nSPS) is 26.8. The van der Waals surface area contributed by atoms with E-state index in [0.717, 1.165) is 41.5 Å². The molecule has 0 spiro atoms. The predicted octanol–water partition coefficient (Wildman–Crippen LogP) is 3.20. The van der Waals surface area contributed by atoms with Crippen LogP contribution in [0.15, 0.2) is 4.47 Å². The summed E-state index contributed by atoms with van der Waals surface area (Å²) in [5.74, 6) is 0.868. The van der Waals surface area contributed by atoms with E-state index in [1.165, 1.54) is 0 Å². The molecule has 1 saturated carbocycles. The fraction of sp³-hybridized carbons (Fsp3) is 0.733. The maximum absolute atomic E-state index is 12.8. The summed E-state index contributed by atoms with van der Waals surface area (Å²) >= 11 is 3.53. The van der Waals surface area contributed by atoms with E-state index in [1.54, 1.807) is 11.8 Å². The van der Waals surface area contributed by atoms with Gasteiger partial charge in [0.15, 0.2) is 5.78 Å². The summed E-state index contributed by atoms with van der Waals surface area (Å²) in [7, 11) is 3.54. The molecule has 1 fully saturated rings. The number of halogens is 1. The van der Waals surface area contributed by atoms with Crippen LogP contribution in [0.2, 0.25) is 0 Å². The maximum Gasteiger partial charge on any atom is 0.170 e. The van der Waals surface area contributed by atoms with Crippen LogP contribution < -0.4 is 0 Å². The Bertz CT molecular complexity index is 502. The molecule has 1 aromatic heterocycles. The van der Waals surface area contributed by atoms with Crippen LogP contribution in [0.5, 0.6) is 0 Å². The molecule has 20 heavy (non-hydrogen) atoms. The van der Waals surface area contributed by atoms with Crippen molar-refractivity contribution in [1.29, 1.82) is 0 Å². The first-order chi connectivity index (χ1) is 9.39. The molecule has 0 amide bonds. The smallest absolute Gasteiger partial charge is 0.170 e. The van der Waals surface area contributed by atoms with Crippen molar-refractivity contribution in [3.8, 4) is 0 Å². The second-order valence-electron chi connectivity index (χ2n) is 5.95. The zero-order chi connectivity index (χ0) is 14.9. The van der Waals surface area contributed by atoms with Crippen LogP contribution in [-0.2, 0) is 23.0 Å². The summed E-state index contributed by atoms with van der Waals surface area (Å²) < 4.78 is 8.37. The molecule has 1 aliphatic carbocycles. The van der Waals surface area contributed by atoms with E-state index in [-0.39, 0.29) is 5.78 Å². The van der Waals surface area contributed by atoms with E-state index in [0.29, 0.717) is 12.3 Å². The number of aromatic nitrogens is 2. The third kappa shape index (κ3) is 2.84. The molecule has 5 heteroatoms. The molecule has 0 aliphatic heterocycles. The van der Waals surface area contributed by atoms with Gasteiger partial charge in [-0.3, -0.25) is 9.48 Å². The molecule has 0 aromatic carbocycles. The van der Waals surface area contributed by atoms with Gasteiger partial charge in [0.25, 0.3) is 0 Å². The summed E-state index contributed by atoms with van der Waals surface area (Å²) in [4.78, 5) is 12.8. The first-order valence-electron chi connectivity index (χ1n) is 7.16. The molecular formula is C15H23BrN2O2. The lowest BCUT2D eigenvalue weighted by Gasteiger charge is -2.37. The SMILES string of the molecule is COC1(C(=O)Cc2c(Br)c(C)nn2C)CCC(C)CC1. The van der Waals surface area contributed by atoms with Crippen LogP contribution in [0.25, 0.3) is 0 Å². The predicted molar refractivity (Wildman–Crippen MR) is 81.7 cm³/mol. The van der Waals surface area contributed by atoms with Gasteiger partial charge in [-0.2, -0.15) is 5.10 Å². The Morgan fingerprint density at radius 1 is 1.50 bits per heavy atom. The number of ether oxygens (including phenoxy) is 1. The highest BCUT2D eigenvalue weighted by Crippen LogP contribution is 2.36. The molecule has 2 rings (SSSR count). The molecule has 1 heterocycles. The van der Waals surface area contributed by atoms with Crippen molar-refractivity contribution in [1.82, 2.24) is 9.78 Å². The van der Waals surface area contributed by atoms with Crippen molar-refractivity contribution in [2.24, 2.45) is 13.0 Å². The minimum absolute atomic E-state index is 0.176. The minimum Gasteiger partial charge on any atom is -0.370 e. The number of methoxy groups -OCH3 is 1. The second-order valence-corrected chi connectivity index (χ2v) is 6.74. The average Bonchev–Trinajstić information content (AvgIpc) is 2.66. The Hall–Kier alpha value is -0.680. The first-order valence-corrected chi connectivity index (χ1v) is 7.95. The molecule has 0 radical (unpaired) electrons. The minimum atomic E-state index is -0.593. The number of ketones is 1. The van der Waals surface area contributed by atoms with Crippen molar-refractivity contribution in [2.75, 3.05) is 7.11 Å². The quantitative estimate of drug-likeness (QED) is 0.843. The van der Waals surface area contributed by atoms with Gasteiger partial charge in [-0.15, -0.1) is 0 Å². The summed E-state index contributed by atoms with van der Waals surface area (Å²) in [5.41, 5.74) is 1.26. The topological polar surface area (TPSA) is 44.1 Å². The Morgan fingerprint density at radius 3 is 2.55 bits per heavy atom. The molecule has 1 aromatic rings. The van der Waals surface area contributed by atoms with Crippen LogP contribution in [0.4, 0.5) is 0 Å². The number of aryl methyl sites for hydroxylation is 2. The van der Waals surface area contributed by atoms with Gasteiger partial charge in [-0.1, -0.05) is 6.92 Å². The lowest BCUT2D eigenvalue weighted by atomic mass is 9.76. The number of nitrogens with zero attached hydrogens (tertiary/aromatic N) is 2. The van der Waals surface area contributed by atoms with Gasteiger partial charge >= 0.3 is 0 Å². The van der Waals surface area contributed by atoms with Gasteiger partial charge in [0, 0.05) is 14.2 Å². The number of hydrogen-bond donors (Lipinski definition) is 0. The summed E-state index contributed by atoms with van der Waals surface area (Å²) in [5, 5.41) is 4.35. The van der Waals surface area contributed by atoms with Gasteiger partial charge in [0.1, 0.15) is 5.60 Å². The third-order valence-corrected chi connectivity index (χ3v) is 5.60. The van der Waals surface area contributed by atoms with Crippen LogP contribution in [-0.4, -0.2) is 28.3 Å². The van der Waals surface area contributed by atoms with Crippen molar-refractivity contribution < 1.29 is 9.53 Å². The Labute approximate surface area is 129 Å². The molecule has 4 nitrogen and oxygen atoms in total. The van der Waals surface area contributed by atoms with Gasteiger partial charge in [0.2, 0.25) is 0 Å². The van der Waals surface area contributed by atoms with E-state index in [4.69, 9.17) is 4.74 Å². The highest BCUT2D eigenvalue weighted by Gasteiger charge is 2.41. The molecule has 0 unspecified atom stereocenters. The van der Waals surface area contributed by atoms with Crippen LogP contribution in [0.1, 0.15) is 44.0 Å². The molecule has 0 saturated heterocycles. The summed E-state index contributed by atoms with van der Waals surface area (Å²) in [6.45, 7) is 4.18. The lowest BCUT2D eigenvalue weighted by molar-refractivity contribution is -0.145. The van der Waals surface area contributed by atoms with E-state index in [9.17, 15) is 4.79 Å². The lowest BCUT2D eigenvalue weighted by Crippen LogP contribution is -2.45. The highest BCUT2D eigenvalue weighted by molar-refractivity contribution is 9.10. The molecule has 0 N–H and O–H groups in total. The second kappa shape index (κ2) is 5.98. The number of Topliss-reactive ketones (excluding diaryl/α,β-unsaturated/α-hetero) is 1. The van der Waals surface area contributed by atoms with Gasteiger partial charge in [-0.25, -0.2) is 0 Å². The summed E-state index contributed by atoms with van der Waals surface area (Å²) in [6, 6.07) is 0. The molecule has 0 atom stereocenters. The largest absolute Gasteiger partial charge is 0.370 e. The zero-order valence-corrected chi connectivity index (χ0v) is 14.3. The van der Waals surface area contributed by atoms with E-state index in [1.807, 2.05) is 14.0 Å². The fourth-order valence-electron chi connectivity index (χ4n) is 3.01. The van der Waals surface area contributed by atoms with E-state index >= 15 is 0 Å². The Kier molecular flexibility index (Phi) is 4.69. The van der Waals surface area contributed by atoms with Crippen LogP contribution >= 0.6 is 15.9 Å². The number of carbonyl (C=O) groups excluding carboxylic acids is 1. The third-order valence-electron chi connectivity index (χ3n) is 4.57. The Morgan fingerprint density at radius 2 is 2.10 bits per heavy atom. The molecular weight excluding hydrogens is 320 g/mol. The van der Waals surface area contributed by atoms with E-state index < -0.39 is 5.60 Å². The maximum atomic E-state index is 12.8. The van der Waals surface area contributed by atoms with Crippen molar-refractivity contribution in [3.05, 3.63) is 15.9 Å². The molecule has 1 aliphatic rings. The first kappa shape index (κ1) is 15.7. The van der Waals surface area contributed by atoms with Crippen LogP contribution in [0.3, 0.4) is 0 Å². The highest BCUT2D eigenvalue weighted by atomic mass is 79.9. The standard InChI is InChI=1S/C15H23BrN2O2/c1-10-5-7-15(20-4,8-6-10)13(19)9-12-14(16)11(2)17-18(12)3/h10H,5-9H2,1-4H3. The van der Waals surface area contributed by atoms with Crippen LogP contribution in [0, 0.1) is 12.8 Å². The van der Waals surface area contributed by atoms with Crippen molar-refractivity contribution >= 4 is 21.7 Å². The van der Waals surface area contributed by atoms with Gasteiger partial charge in [-0.05, 0) is 54.5 Å². The molecule has 112 valence electrons. The van der Waals surface area contributed by atoms with Crippen molar-refractivity contribution in [3.63, 3.8) is 0 Å². The van der Waals surface area contributed by atoms with Gasteiger partial charge in [0.05, 0.1) is 22.3 Å². The number of hydrogen-bond acceptors (Lipinski definition) is 3. The number of rotatable bonds is 4. The average molecular weight is 343 g/mol. The van der Waals surface area contributed by atoms with E-state index in [2.05, 4.69) is 28.0 Å². The Balaban J connectivity index is 2.18. The fourth-order valence-corrected chi connectivity index (χ4v) is 3.49.